The largest absolute Gasteiger partial charge is 0.310 e. The fraction of sp³-hybridized carbons (Fsp3) is 0.0612. The van der Waals surface area contributed by atoms with E-state index in [1.54, 1.807) is 0 Å². The van der Waals surface area contributed by atoms with Gasteiger partial charge in [-0.3, -0.25) is 0 Å². The number of hydrogen-bond donors (Lipinski definition) is 0. The van der Waals surface area contributed by atoms with E-state index in [2.05, 4.69) is 204 Å². The van der Waals surface area contributed by atoms with Crippen molar-refractivity contribution in [3.8, 4) is 11.4 Å². The van der Waals surface area contributed by atoms with Crippen molar-refractivity contribution in [2.75, 3.05) is 4.90 Å². The van der Waals surface area contributed by atoms with Crippen LogP contribution in [0, 0.1) is 0 Å². The summed E-state index contributed by atoms with van der Waals surface area (Å²) in [6.07, 6.45) is 0. The molecule has 0 amide bonds. The van der Waals surface area contributed by atoms with Crippen molar-refractivity contribution in [1.29, 1.82) is 0 Å². The van der Waals surface area contributed by atoms with Crippen LogP contribution in [0.3, 0.4) is 0 Å². The third kappa shape index (κ3) is 3.85. The molecule has 0 radical (unpaired) electrons. The third-order valence-electron chi connectivity index (χ3n) is 11.4. The highest BCUT2D eigenvalue weighted by atomic mass is 15.2. The standard InChI is InChI=1S/C49H35N3/c1-49(2)39-25-13-16-28-43(39)50(32-17-5-3-6-18-32)44-30-29-34(31-40(44)49)52-41-26-14-11-23-37(41)45-35-21-9-10-22-36(35)47-46(48(45)52)38-24-12-15-27-42(38)51(47)33-19-7-4-8-20-33/h3-31H,1-2H3. The minimum absolute atomic E-state index is 0.225. The predicted molar refractivity (Wildman–Crippen MR) is 219 cm³/mol. The van der Waals surface area contributed by atoms with E-state index in [1.165, 1.54) is 88.3 Å². The van der Waals surface area contributed by atoms with E-state index in [0.717, 1.165) is 5.69 Å². The van der Waals surface area contributed by atoms with Gasteiger partial charge in [0, 0.05) is 49.4 Å². The number of benzene rings is 8. The Labute approximate surface area is 302 Å². The Morgan fingerprint density at radius 1 is 0.365 bits per heavy atom. The lowest BCUT2D eigenvalue weighted by Crippen LogP contribution is -2.30. The average molecular weight is 666 g/mol. The summed E-state index contributed by atoms with van der Waals surface area (Å²) in [5.41, 5.74) is 13.3. The molecule has 0 atom stereocenters. The van der Waals surface area contributed by atoms with Gasteiger partial charge in [0.1, 0.15) is 0 Å². The summed E-state index contributed by atoms with van der Waals surface area (Å²) in [5, 5.41) is 7.61. The molecule has 3 nitrogen and oxygen atoms in total. The second kappa shape index (κ2) is 10.7. The minimum atomic E-state index is -0.225. The van der Waals surface area contributed by atoms with Crippen LogP contribution in [0.15, 0.2) is 176 Å². The molecule has 8 aromatic carbocycles. The average Bonchev–Trinajstić information content (AvgIpc) is 3.73. The van der Waals surface area contributed by atoms with Crippen LogP contribution in [0.25, 0.3) is 65.8 Å². The van der Waals surface area contributed by atoms with Crippen LogP contribution in [0.2, 0.25) is 0 Å². The van der Waals surface area contributed by atoms with Gasteiger partial charge in [0.15, 0.2) is 0 Å². The van der Waals surface area contributed by atoms with Crippen molar-refractivity contribution in [2.24, 2.45) is 0 Å². The molecule has 52 heavy (non-hydrogen) atoms. The smallest absolute Gasteiger partial charge is 0.0647 e. The molecular formula is C49H35N3. The third-order valence-corrected chi connectivity index (χ3v) is 11.4. The highest BCUT2D eigenvalue weighted by Gasteiger charge is 2.37. The fourth-order valence-electron chi connectivity index (χ4n) is 9.19. The van der Waals surface area contributed by atoms with E-state index in [1.807, 2.05) is 0 Å². The number of fused-ring (bicyclic) bond motifs is 12. The summed E-state index contributed by atoms with van der Waals surface area (Å²) >= 11 is 0. The number of hydrogen-bond acceptors (Lipinski definition) is 1. The first-order valence-corrected chi connectivity index (χ1v) is 18.1. The Balaban J connectivity index is 1.31. The molecule has 0 saturated carbocycles. The van der Waals surface area contributed by atoms with Crippen LogP contribution in [0.5, 0.6) is 0 Å². The summed E-state index contributed by atoms with van der Waals surface area (Å²) in [5.74, 6) is 0. The Hall–Kier alpha value is -6.58. The van der Waals surface area contributed by atoms with Gasteiger partial charge in [0.2, 0.25) is 0 Å². The maximum Gasteiger partial charge on any atom is 0.0647 e. The van der Waals surface area contributed by atoms with Crippen LogP contribution in [0.4, 0.5) is 17.1 Å². The van der Waals surface area contributed by atoms with Crippen molar-refractivity contribution in [3.63, 3.8) is 0 Å². The summed E-state index contributed by atoms with van der Waals surface area (Å²) in [6.45, 7) is 4.75. The first kappa shape index (κ1) is 29.2. The summed E-state index contributed by atoms with van der Waals surface area (Å²) in [7, 11) is 0. The first-order valence-electron chi connectivity index (χ1n) is 18.1. The maximum absolute atomic E-state index is 2.55. The van der Waals surface area contributed by atoms with Crippen LogP contribution in [0.1, 0.15) is 25.0 Å². The Morgan fingerprint density at radius 2 is 0.885 bits per heavy atom. The molecule has 11 rings (SSSR count). The van der Waals surface area contributed by atoms with Crippen molar-refractivity contribution in [2.45, 2.75) is 19.3 Å². The molecule has 2 aromatic heterocycles. The number of nitrogens with zero attached hydrogens (tertiary/aromatic N) is 3. The molecule has 3 heterocycles. The summed E-state index contributed by atoms with van der Waals surface area (Å²) < 4.78 is 5.02. The summed E-state index contributed by atoms with van der Waals surface area (Å²) in [6, 6.07) is 64.5. The van der Waals surface area contributed by atoms with Crippen LogP contribution < -0.4 is 4.90 Å². The number of aromatic nitrogens is 2. The highest BCUT2D eigenvalue weighted by molar-refractivity contribution is 6.36. The van der Waals surface area contributed by atoms with E-state index in [-0.39, 0.29) is 5.41 Å². The van der Waals surface area contributed by atoms with E-state index >= 15 is 0 Å². The van der Waals surface area contributed by atoms with Crippen molar-refractivity contribution >= 4 is 71.4 Å². The van der Waals surface area contributed by atoms with E-state index in [9.17, 15) is 0 Å². The zero-order valence-corrected chi connectivity index (χ0v) is 29.1. The van der Waals surface area contributed by atoms with Gasteiger partial charge in [-0.05, 0) is 77.2 Å². The quantitative estimate of drug-likeness (QED) is 0.183. The van der Waals surface area contributed by atoms with Crippen LogP contribution in [-0.2, 0) is 5.41 Å². The van der Waals surface area contributed by atoms with Crippen molar-refractivity contribution in [3.05, 3.63) is 187 Å². The van der Waals surface area contributed by atoms with Gasteiger partial charge >= 0.3 is 0 Å². The topological polar surface area (TPSA) is 13.1 Å². The lowest BCUT2D eigenvalue weighted by molar-refractivity contribution is 0.631. The Kier molecular flexibility index (Phi) is 6.01. The van der Waals surface area contributed by atoms with Crippen molar-refractivity contribution < 1.29 is 0 Å². The zero-order valence-electron chi connectivity index (χ0n) is 29.1. The second-order valence-corrected chi connectivity index (χ2v) is 14.5. The van der Waals surface area contributed by atoms with Gasteiger partial charge in [0.05, 0.1) is 33.4 Å². The lowest BCUT2D eigenvalue weighted by atomic mass is 9.73. The SMILES string of the molecule is CC1(C)c2ccccc2N(c2ccccc2)c2ccc(-n3c4ccccc4c4c5ccccc5c5c(c6ccccc6n5-c5ccccc5)c43)cc21. The van der Waals surface area contributed by atoms with Crippen LogP contribution >= 0.6 is 0 Å². The fourth-order valence-corrected chi connectivity index (χ4v) is 9.19. The first-order chi connectivity index (χ1) is 25.6. The maximum atomic E-state index is 2.55. The monoisotopic (exact) mass is 665 g/mol. The lowest BCUT2D eigenvalue weighted by Gasteiger charge is -2.42. The zero-order chi connectivity index (χ0) is 34.6. The molecule has 10 aromatic rings. The van der Waals surface area contributed by atoms with Gasteiger partial charge in [-0.25, -0.2) is 0 Å². The number of para-hydroxylation sites is 5. The normalized spacial score (nSPS) is 13.7. The van der Waals surface area contributed by atoms with Gasteiger partial charge in [-0.2, -0.15) is 0 Å². The van der Waals surface area contributed by atoms with Crippen LogP contribution in [-0.4, -0.2) is 9.13 Å². The highest BCUT2D eigenvalue weighted by Crippen LogP contribution is 2.53. The number of rotatable bonds is 3. The minimum Gasteiger partial charge on any atom is -0.310 e. The molecule has 246 valence electrons. The Bertz CT molecular complexity index is 3040. The molecule has 1 aliphatic rings. The Morgan fingerprint density at radius 3 is 1.60 bits per heavy atom. The molecular weight excluding hydrogens is 631 g/mol. The molecule has 0 saturated heterocycles. The molecule has 0 unspecified atom stereocenters. The van der Waals surface area contributed by atoms with Gasteiger partial charge in [0.25, 0.3) is 0 Å². The van der Waals surface area contributed by atoms with Gasteiger partial charge in [-0.15, -0.1) is 0 Å². The van der Waals surface area contributed by atoms with E-state index in [0.29, 0.717) is 0 Å². The summed E-state index contributed by atoms with van der Waals surface area (Å²) in [4.78, 5) is 2.44. The molecule has 0 aliphatic carbocycles. The number of anilines is 3. The molecule has 0 fully saturated rings. The van der Waals surface area contributed by atoms with E-state index < -0.39 is 0 Å². The molecule has 0 bridgehead atoms. The molecule has 0 spiro atoms. The molecule has 1 aliphatic heterocycles. The van der Waals surface area contributed by atoms with E-state index in [4.69, 9.17) is 0 Å². The molecule has 3 heteroatoms. The second-order valence-electron chi connectivity index (χ2n) is 14.5. The van der Waals surface area contributed by atoms with Gasteiger partial charge < -0.3 is 14.0 Å². The van der Waals surface area contributed by atoms with Crippen molar-refractivity contribution in [1.82, 2.24) is 9.13 Å². The van der Waals surface area contributed by atoms with Gasteiger partial charge in [-0.1, -0.05) is 129 Å². The predicted octanol–water partition coefficient (Wildman–Crippen LogP) is 13.1. The molecule has 0 N–H and O–H groups in total.